The number of anilines is 1. The summed E-state index contributed by atoms with van der Waals surface area (Å²) in [6.45, 7) is 2.33. The Balaban J connectivity index is 1.81. The number of hydrogen-bond donors (Lipinski definition) is 0. The van der Waals surface area contributed by atoms with Crippen molar-refractivity contribution in [2.24, 2.45) is 0 Å². The molecule has 4 nitrogen and oxygen atoms in total. The molecule has 1 saturated heterocycles. The predicted molar refractivity (Wildman–Crippen MR) is 95.7 cm³/mol. The Kier molecular flexibility index (Phi) is 4.97. The van der Waals surface area contributed by atoms with Crippen molar-refractivity contribution in [3.05, 3.63) is 63.9 Å². The Morgan fingerprint density at radius 2 is 1.80 bits per heavy atom. The van der Waals surface area contributed by atoms with E-state index in [1.807, 2.05) is 0 Å². The summed E-state index contributed by atoms with van der Waals surface area (Å²) in [6, 6.07) is 9.55. The molecule has 1 aliphatic rings. The molecule has 2 aromatic rings. The molecule has 1 aliphatic heterocycles. The molecule has 130 valence electrons. The second kappa shape index (κ2) is 7.02. The molecule has 0 saturated carbocycles. The van der Waals surface area contributed by atoms with Gasteiger partial charge in [-0.05, 0) is 49.4 Å². The van der Waals surface area contributed by atoms with Crippen LogP contribution in [0.25, 0.3) is 0 Å². The molecule has 0 bridgehead atoms. The minimum atomic E-state index is -0.655. The Morgan fingerprint density at radius 3 is 2.44 bits per heavy atom. The van der Waals surface area contributed by atoms with E-state index in [1.165, 1.54) is 29.2 Å². The number of piperazine rings is 1. The highest BCUT2D eigenvalue weighted by atomic mass is 35.5. The minimum Gasteiger partial charge on any atom is -0.325 e. The van der Waals surface area contributed by atoms with Gasteiger partial charge in [-0.1, -0.05) is 23.2 Å². The van der Waals surface area contributed by atoms with Gasteiger partial charge < -0.3 is 9.80 Å². The number of carbonyl (C=O) groups is 2. The van der Waals surface area contributed by atoms with Crippen molar-refractivity contribution in [2.75, 3.05) is 18.0 Å². The molecule has 7 heteroatoms. The van der Waals surface area contributed by atoms with Gasteiger partial charge in [0, 0.05) is 23.7 Å². The summed E-state index contributed by atoms with van der Waals surface area (Å²) in [4.78, 5) is 28.4. The molecule has 3 rings (SSSR count). The van der Waals surface area contributed by atoms with E-state index in [0.29, 0.717) is 34.4 Å². The van der Waals surface area contributed by atoms with Crippen LogP contribution in [-0.2, 0) is 4.79 Å². The van der Waals surface area contributed by atoms with Gasteiger partial charge in [0.25, 0.3) is 5.91 Å². The smallest absolute Gasteiger partial charge is 0.254 e. The third kappa shape index (κ3) is 3.48. The SMILES string of the molecule is C[C@H]1C(=O)N(c2ccc(Cl)cc2Cl)CCN1C(=O)c1ccc(F)cc1. The van der Waals surface area contributed by atoms with Crippen molar-refractivity contribution in [1.29, 1.82) is 0 Å². The summed E-state index contributed by atoms with van der Waals surface area (Å²) in [5.41, 5.74) is 0.913. The van der Waals surface area contributed by atoms with Gasteiger partial charge in [0.2, 0.25) is 5.91 Å². The number of halogens is 3. The maximum Gasteiger partial charge on any atom is 0.254 e. The third-order valence-electron chi connectivity index (χ3n) is 4.21. The number of amides is 2. The Labute approximate surface area is 154 Å². The maximum absolute atomic E-state index is 13.0. The van der Waals surface area contributed by atoms with Crippen LogP contribution in [0.1, 0.15) is 17.3 Å². The van der Waals surface area contributed by atoms with Gasteiger partial charge in [-0.15, -0.1) is 0 Å². The number of hydrogen-bond acceptors (Lipinski definition) is 2. The normalized spacial score (nSPS) is 17.8. The Hall–Kier alpha value is -2.11. The van der Waals surface area contributed by atoms with Crippen LogP contribution in [-0.4, -0.2) is 35.8 Å². The van der Waals surface area contributed by atoms with E-state index in [1.54, 1.807) is 30.0 Å². The molecule has 1 atom stereocenters. The van der Waals surface area contributed by atoms with E-state index < -0.39 is 11.9 Å². The van der Waals surface area contributed by atoms with Crippen molar-refractivity contribution in [1.82, 2.24) is 4.90 Å². The van der Waals surface area contributed by atoms with Crippen molar-refractivity contribution in [3.63, 3.8) is 0 Å². The number of nitrogens with zero attached hydrogens (tertiary/aromatic N) is 2. The first kappa shape index (κ1) is 17.7. The molecule has 2 aromatic carbocycles. The first-order valence-corrected chi connectivity index (χ1v) is 8.47. The lowest BCUT2D eigenvalue weighted by molar-refractivity contribution is -0.124. The minimum absolute atomic E-state index is 0.231. The van der Waals surface area contributed by atoms with Gasteiger partial charge in [-0.2, -0.15) is 0 Å². The standard InChI is InChI=1S/C18H15Cl2FN2O2/c1-11-17(24)23(16-7-4-13(19)10-15(16)20)9-8-22(11)18(25)12-2-5-14(21)6-3-12/h2-7,10-11H,8-9H2,1H3/t11-/m0/s1. The van der Waals surface area contributed by atoms with Crippen LogP contribution >= 0.6 is 23.2 Å². The maximum atomic E-state index is 13.0. The largest absolute Gasteiger partial charge is 0.325 e. The van der Waals surface area contributed by atoms with Crippen LogP contribution in [0.3, 0.4) is 0 Å². The van der Waals surface area contributed by atoms with Crippen molar-refractivity contribution >= 4 is 40.7 Å². The lowest BCUT2D eigenvalue weighted by Crippen LogP contribution is -2.57. The average molecular weight is 381 g/mol. The van der Waals surface area contributed by atoms with Crippen LogP contribution < -0.4 is 4.90 Å². The zero-order valence-corrected chi connectivity index (χ0v) is 14.9. The first-order valence-electron chi connectivity index (χ1n) is 7.71. The summed E-state index contributed by atoms with van der Waals surface area (Å²) in [5, 5.41) is 0.866. The van der Waals surface area contributed by atoms with E-state index in [0.717, 1.165) is 0 Å². The van der Waals surface area contributed by atoms with E-state index in [2.05, 4.69) is 0 Å². The number of rotatable bonds is 2. The summed E-state index contributed by atoms with van der Waals surface area (Å²) in [7, 11) is 0. The zero-order valence-electron chi connectivity index (χ0n) is 13.4. The summed E-state index contributed by atoms with van der Waals surface area (Å²) in [5.74, 6) is -0.948. The van der Waals surface area contributed by atoms with Gasteiger partial charge in [-0.25, -0.2) is 4.39 Å². The topological polar surface area (TPSA) is 40.6 Å². The van der Waals surface area contributed by atoms with Crippen LogP contribution in [0.5, 0.6) is 0 Å². The molecule has 0 radical (unpaired) electrons. The van der Waals surface area contributed by atoms with E-state index in [9.17, 15) is 14.0 Å². The molecular formula is C18H15Cl2FN2O2. The highest BCUT2D eigenvalue weighted by molar-refractivity contribution is 6.36. The molecule has 1 fully saturated rings. The molecule has 0 spiro atoms. The second-order valence-electron chi connectivity index (χ2n) is 5.77. The number of benzene rings is 2. The third-order valence-corrected chi connectivity index (χ3v) is 4.75. The van der Waals surface area contributed by atoms with Crippen molar-refractivity contribution in [3.8, 4) is 0 Å². The average Bonchev–Trinajstić information content (AvgIpc) is 2.58. The van der Waals surface area contributed by atoms with Gasteiger partial charge in [0.1, 0.15) is 11.9 Å². The fourth-order valence-electron chi connectivity index (χ4n) is 2.85. The molecule has 0 aliphatic carbocycles. The van der Waals surface area contributed by atoms with Gasteiger partial charge >= 0.3 is 0 Å². The number of carbonyl (C=O) groups excluding carboxylic acids is 2. The molecule has 0 unspecified atom stereocenters. The van der Waals surface area contributed by atoms with Crippen LogP contribution in [0.15, 0.2) is 42.5 Å². The lowest BCUT2D eigenvalue weighted by Gasteiger charge is -2.39. The van der Waals surface area contributed by atoms with Crippen LogP contribution in [0, 0.1) is 5.82 Å². The van der Waals surface area contributed by atoms with E-state index in [-0.39, 0.29) is 11.8 Å². The first-order chi connectivity index (χ1) is 11.9. The zero-order chi connectivity index (χ0) is 18.1. The van der Waals surface area contributed by atoms with Crippen LogP contribution in [0.4, 0.5) is 10.1 Å². The van der Waals surface area contributed by atoms with E-state index in [4.69, 9.17) is 23.2 Å². The van der Waals surface area contributed by atoms with Gasteiger partial charge in [-0.3, -0.25) is 9.59 Å². The fraction of sp³-hybridized carbons (Fsp3) is 0.222. The summed E-state index contributed by atoms with van der Waals surface area (Å²) >= 11 is 12.1. The molecule has 0 aromatic heterocycles. The van der Waals surface area contributed by atoms with Gasteiger partial charge in [0.15, 0.2) is 0 Å². The summed E-state index contributed by atoms with van der Waals surface area (Å²) in [6.07, 6.45) is 0. The summed E-state index contributed by atoms with van der Waals surface area (Å²) < 4.78 is 13.0. The van der Waals surface area contributed by atoms with E-state index >= 15 is 0 Å². The quantitative estimate of drug-likeness (QED) is 0.789. The van der Waals surface area contributed by atoms with Crippen LogP contribution in [0.2, 0.25) is 10.0 Å². The molecular weight excluding hydrogens is 366 g/mol. The Morgan fingerprint density at radius 1 is 1.12 bits per heavy atom. The Bertz CT molecular complexity index is 826. The molecule has 1 heterocycles. The molecule has 25 heavy (non-hydrogen) atoms. The van der Waals surface area contributed by atoms with Crippen molar-refractivity contribution < 1.29 is 14.0 Å². The molecule has 2 amide bonds. The predicted octanol–water partition coefficient (Wildman–Crippen LogP) is 4.01. The fourth-order valence-corrected chi connectivity index (χ4v) is 3.36. The lowest BCUT2D eigenvalue weighted by atomic mass is 10.1. The van der Waals surface area contributed by atoms with Gasteiger partial charge in [0.05, 0.1) is 10.7 Å². The molecule has 0 N–H and O–H groups in total. The highest BCUT2D eigenvalue weighted by Crippen LogP contribution is 2.31. The van der Waals surface area contributed by atoms with Crippen molar-refractivity contribution in [2.45, 2.75) is 13.0 Å². The monoisotopic (exact) mass is 380 g/mol. The second-order valence-corrected chi connectivity index (χ2v) is 6.61. The highest BCUT2D eigenvalue weighted by Gasteiger charge is 2.36.